The van der Waals surface area contributed by atoms with Gasteiger partial charge in [0.1, 0.15) is 11.6 Å². The van der Waals surface area contributed by atoms with Crippen molar-refractivity contribution in [2.45, 2.75) is 13.5 Å². The first-order valence-electron chi connectivity index (χ1n) is 9.87. The minimum atomic E-state index is -0.288. The molecule has 0 unspecified atom stereocenters. The zero-order chi connectivity index (χ0) is 21.8. The monoisotopic (exact) mass is 415 g/mol. The van der Waals surface area contributed by atoms with Gasteiger partial charge in [0.2, 0.25) is 0 Å². The number of hydrogen-bond donors (Lipinski definition) is 1. The van der Waals surface area contributed by atoms with Crippen molar-refractivity contribution >= 4 is 5.71 Å². The number of nitrogens with zero attached hydrogens (tertiary/aromatic N) is 2. The normalized spacial score (nSPS) is 11.5. The van der Waals surface area contributed by atoms with Gasteiger partial charge in [0.05, 0.1) is 30.6 Å². The largest absolute Gasteiger partial charge is 0.497 e. The van der Waals surface area contributed by atoms with Gasteiger partial charge >= 0.3 is 0 Å². The number of nitrogens with one attached hydrogen (secondary N) is 1. The molecule has 1 heterocycles. The highest BCUT2D eigenvalue weighted by Gasteiger charge is 2.19. The van der Waals surface area contributed by atoms with Crippen LogP contribution in [0.1, 0.15) is 18.1 Å². The minimum absolute atomic E-state index is 0.190. The van der Waals surface area contributed by atoms with Crippen molar-refractivity contribution in [1.29, 1.82) is 0 Å². The van der Waals surface area contributed by atoms with Crippen molar-refractivity contribution in [3.8, 4) is 22.7 Å². The molecule has 4 aromatic rings. The Morgan fingerprint density at radius 2 is 1.68 bits per heavy atom. The van der Waals surface area contributed by atoms with E-state index in [1.54, 1.807) is 31.4 Å². The molecular formula is C25H22FN3O2. The topological polar surface area (TPSA) is 59.4 Å². The van der Waals surface area contributed by atoms with Gasteiger partial charge in [-0.3, -0.25) is 14.9 Å². The Hall–Kier alpha value is -3.93. The summed E-state index contributed by atoms with van der Waals surface area (Å²) in [5.41, 5.74) is 4.07. The van der Waals surface area contributed by atoms with Crippen molar-refractivity contribution in [3.63, 3.8) is 0 Å². The fraction of sp³-hybridized carbons (Fsp3) is 0.120. The summed E-state index contributed by atoms with van der Waals surface area (Å²) in [5.74, 6) is 0.424. The lowest BCUT2D eigenvalue weighted by atomic mass is 10.1. The lowest BCUT2D eigenvalue weighted by Gasteiger charge is -2.04. The molecule has 0 radical (unpaired) electrons. The fourth-order valence-electron chi connectivity index (χ4n) is 3.38. The zero-order valence-corrected chi connectivity index (χ0v) is 17.3. The van der Waals surface area contributed by atoms with E-state index in [2.05, 4.69) is 10.1 Å². The van der Waals surface area contributed by atoms with Crippen LogP contribution in [0, 0.1) is 5.82 Å². The van der Waals surface area contributed by atoms with E-state index in [1.165, 1.54) is 16.8 Å². The lowest BCUT2D eigenvalue weighted by molar-refractivity contribution is 0.414. The Morgan fingerprint density at radius 1 is 1.00 bits per heavy atom. The summed E-state index contributed by atoms with van der Waals surface area (Å²) in [5, 5.41) is 3.24. The van der Waals surface area contributed by atoms with Crippen molar-refractivity contribution < 1.29 is 9.13 Å². The third-order valence-electron chi connectivity index (χ3n) is 5.06. The summed E-state index contributed by atoms with van der Waals surface area (Å²) in [4.78, 5) is 18.0. The SMILES string of the molecule is COc1ccc(-n2[nH]c(-c3ccccc3)c(C(C)=NCc3ccc(F)cc3)c2=O)cc1. The first-order chi connectivity index (χ1) is 15.1. The number of halogens is 1. The summed E-state index contributed by atoms with van der Waals surface area (Å²) in [6.07, 6.45) is 0. The summed E-state index contributed by atoms with van der Waals surface area (Å²) in [6.45, 7) is 2.17. The van der Waals surface area contributed by atoms with Gasteiger partial charge in [-0.15, -0.1) is 0 Å². The first-order valence-corrected chi connectivity index (χ1v) is 9.87. The maximum atomic E-state index is 13.4. The van der Waals surface area contributed by atoms with Gasteiger partial charge in [0.15, 0.2) is 0 Å². The smallest absolute Gasteiger partial charge is 0.280 e. The number of aromatic nitrogens is 2. The van der Waals surface area contributed by atoms with E-state index in [-0.39, 0.29) is 11.4 Å². The molecule has 31 heavy (non-hydrogen) atoms. The molecule has 3 aromatic carbocycles. The second-order valence-corrected chi connectivity index (χ2v) is 7.09. The van der Waals surface area contributed by atoms with Gasteiger partial charge in [-0.1, -0.05) is 42.5 Å². The van der Waals surface area contributed by atoms with Crippen LogP contribution in [-0.4, -0.2) is 22.6 Å². The van der Waals surface area contributed by atoms with Crippen LogP contribution in [0.25, 0.3) is 16.9 Å². The number of H-pyrrole nitrogens is 1. The molecule has 0 aliphatic rings. The maximum absolute atomic E-state index is 13.4. The number of aromatic amines is 1. The molecule has 0 saturated carbocycles. The highest BCUT2D eigenvalue weighted by Crippen LogP contribution is 2.22. The van der Waals surface area contributed by atoms with Gasteiger partial charge < -0.3 is 4.74 Å². The Kier molecular flexibility index (Phi) is 5.80. The van der Waals surface area contributed by atoms with Crippen LogP contribution in [0.3, 0.4) is 0 Å². The molecule has 0 fully saturated rings. The summed E-state index contributed by atoms with van der Waals surface area (Å²) in [6, 6.07) is 23.1. The van der Waals surface area contributed by atoms with Crippen LogP contribution in [-0.2, 0) is 6.54 Å². The Balaban J connectivity index is 1.79. The minimum Gasteiger partial charge on any atom is -0.497 e. The van der Waals surface area contributed by atoms with Crippen molar-refractivity contribution in [2.24, 2.45) is 4.99 Å². The van der Waals surface area contributed by atoms with E-state index in [9.17, 15) is 9.18 Å². The third kappa shape index (κ3) is 4.33. The predicted molar refractivity (Wildman–Crippen MR) is 121 cm³/mol. The Bertz CT molecular complexity index is 1260. The standard InChI is InChI=1S/C25H22FN3O2/c1-17(27-16-18-8-10-20(26)11-9-18)23-24(19-6-4-3-5-7-19)28-29(25(23)30)21-12-14-22(31-2)15-13-21/h3-15,28H,16H2,1-2H3. The molecule has 0 saturated heterocycles. The van der Waals surface area contributed by atoms with Gasteiger partial charge in [0, 0.05) is 11.3 Å². The van der Waals surface area contributed by atoms with E-state index in [1.807, 2.05) is 49.4 Å². The quantitative estimate of drug-likeness (QED) is 0.451. The molecule has 5 nitrogen and oxygen atoms in total. The average molecular weight is 415 g/mol. The van der Waals surface area contributed by atoms with Crippen LogP contribution in [0.15, 0.2) is 88.6 Å². The lowest BCUT2D eigenvalue weighted by Crippen LogP contribution is -2.19. The highest BCUT2D eigenvalue weighted by molar-refractivity contribution is 6.03. The maximum Gasteiger partial charge on any atom is 0.280 e. The van der Waals surface area contributed by atoms with E-state index < -0.39 is 0 Å². The van der Waals surface area contributed by atoms with E-state index >= 15 is 0 Å². The average Bonchev–Trinajstić information content (AvgIpc) is 3.16. The number of benzene rings is 3. The van der Waals surface area contributed by atoms with E-state index in [0.717, 1.165) is 11.1 Å². The molecule has 4 rings (SSSR count). The molecule has 1 N–H and O–H groups in total. The van der Waals surface area contributed by atoms with Crippen molar-refractivity contribution in [3.05, 3.63) is 106 Å². The van der Waals surface area contributed by atoms with Gasteiger partial charge in [0.25, 0.3) is 5.56 Å². The number of methoxy groups -OCH3 is 1. The number of rotatable bonds is 6. The van der Waals surface area contributed by atoms with Crippen LogP contribution in [0.4, 0.5) is 4.39 Å². The summed E-state index contributed by atoms with van der Waals surface area (Å²) >= 11 is 0. The molecule has 0 bridgehead atoms. The summed E-state index contributed by atoms with van der Waals surface area (Å²) in [7, 11) is 1.60. The number of aliphatic imine (C=N–C) groups is 1. The molecular weight excluding hydrogens is 393 g/mol. The van der Waals surface area contributed by atoms with Crippen molar-refractivity contribution in [1.82, 2.24) is 9.78 Å². The van der Waals surface area contributed by atoms with Gasteiger partial charge in [-0.05, 0) is 48.9 Å². The third-order valence-corrected chi connectivity index (χ3v) is 5.06. The zero-order valence-electron chi connectivity index (χ0n) is 17.3. The highest BCUT2D eigenvalue weighted by atomic mass is 19.1. The van der Waals surface area contributed by atoms with Gasteiger partial charge in [-0.2, -0.15) is 0 Å². The molecule has 156 valence electrons. The number of hydrogen-bond acceptors (Lipinski definition) is 3. The van der Waals surface area contributed by atoms with Crippen LogP contribution >= 0.6 is 0 Å². The van der Waals surface area contributed by atoms with Crippen LogP contribution in [0.2, 0.25) is 0 Å². The van der Waals surface area contributed by atoms with Crippen LogP contribution < -0.4 is 10.3 Å². The van der Waals surface area contributed by atoms with Gasteiger partial charge in [-0.25, -0.2) is 9.07 Å². The van der Waals surface area contributed by atoms with Crippen molar-refractivity contribution in [2.75, 3.05) is 7.11 Å². The molecule has 0 amide bonds. The number of ether oxygens (including phenoxy) is 1. The second kappa shape index (κ2) is 8.83. The first kappa shape index (κ1) is 20.3. The second-order valence-electron chi connectivity index (χ2n) is 7.09. The van der Waals surface area contributed by atoms with E-state index in [4.69, 9.17) is 4.74 Å². The molecule has 0 atom stereocenters. The molecule has 6 heteroatoms. The molecule has 0 aliphatic heterocycles. The fourth-order valence-corrected chi connectivity index (χ4v) is 3.38. The van der Waals surface area contributed by atoms with E-state index in [0.29, 0.717) is 35.0 Å². The Labute approximate surface area is 179 Å². The molecule has 1 aromatic heterocycles. The molecule has 0 aliphatic carbocycles. The Morgan fingerprint density at radius 3 is 2.32 bits per heavy atom. The predicted octanol–water partition coefficient (Wildman–Crippen LogP) is 4.99. The van der Waals surface area contributed by atoms with Crippen LogP contribution in [0.5, 0.6) is 5.75 Å². The molecule has 0 spiro atoms. The summed E-state index contributed by atoms with van der Waals surface area (Å²) < 4.78 is 19.9.